The van der Waals surface area contributed by atoms with E-state index in [2.05, 4.69) is 17.7 Å². The van der Waals surface area contributed by atoms with Crippen molar-refractivity contribution in [2.75, 3.05) is 26.3 Å². The van der Waals surface area contributed by atoms with Crippen LogP contribution in [0.1, 0.15) is 18.9 Å². The Labute approximate surface area is 194 Å². The quantitative estimate of drug-likeness (QED) is 0.330. The van der Waals surface area contributed by atoms with E-state index in [1.807, 2.05) is 30.3 Å². The van der Waals surface area contributed by atoms with Gasteiger partial charge in [-0.2, -0.15) is 5.10 Å². The third-order valence-corrected chi connectivity index (χ3v) is 5.03. The lowest BCUT2D eigenvalue weighted by Gasteiger charge is -2.25. The lowest BCUT2D eigenvalue weighted by atomic mass is 10.1. The van der Waals surface area contributed by atoms with E-state index in [1.54, 1.807) is 23.9 Å². The summed E-state index contributed by atoms with van der Waals surface area (Å²) in [4.78, 5) is 2.13. The van der Waals surface area contributed by atoms with Gasteiger partial charge in [0.1, 0.15) is 23.9 Å². The first-order valence-electron chi connectivity index (χ1n) is 11.0. The lowest BCUT2D eigenvalue weighted by Crippen LogP contribution is -2.35. The molecule has 0 aliphatic carbocycles. The van der Waals surface area contributed by atoms with E-state index in [0.717, 1.165) is 29.8 Å². The molecule has 0 radical (unpaired) electrons. The highest BCUT2D eigenvalue weighted by Gasteiger charge is 2.23. The van der Waals surface area contributed by atoms with Crippen LogP contribution in [0.15, 0.2) is 54.6 Å². The van der Waals surface area contributed by atoms with Gasteiger partial charge in [0.2, 0.25) is 5.88 Å². The molecule has 0 saturated heterocycles. The van der Waals surface area contributed by atoms with E-state index in [1.165, 1.54) is 12.1 Å². The Morgan fingerprint density at radius 1 is 1.21 bits per heavy atom. The number of aryl methyl sites for hydroxylation is 1. The standard InChI is InChI=1S/C26H30FN3O3/c1-4-14-30(17-22(31)19-32-15-5-2)18-24-25(20-10-7-6-8-11-20)28-29(3)26(24)33-23-13-9-12-21(27)16-23/h2,6-13,16,22,31H,4,14-15,17-19H2,1,3H3/t22-/m0/s1. The zero-order valence-electron chi connectivity index (χ0n) is 19.1. The minimum Gasteiger partial charge on any atom is -0.439 e. The Morgan fingerprint density at radius 3 is 2.70 bits per heavy atom. The van der Waals surface area contributed by atoms with Crippen molar-refractivity contribution in [1.82, 2.24) is 14.7 Å². The molecule has 7 heteroatoms. The SMILES string of the molecule is C#CCOC[C@@H](O)CN(CCC)Cc1c(-c2ccccc2)nn(C)c1Oc1cccc(F)c1. The fourth-order valence-corrected chi connectivity index (χ4v) is 3.67. The first-order valence-corrected chi connectivity index (χ1v) is 11.0. The molecule has 174 valence electrons. The van der Waals surface area contributed by atoms with Crippen molar-refractivity contribution in [3.8, 4) is 35.2 Å². The third-order valence-electron chi connectivity index (χ3n) is 5.03. The summed E-state index contributed by atoms with van der Waals surface area (Å²) in [6.45, 7) is 4.06. The number of benzene rings is 2. The Balaban J connectivity index is 1.93. The minimum atomic E-state index is -0.686. The molecular formula is C26H30FN3O3. The Morgan fingerprint density at radius 2 is 2.00 bits per heavy atom. The van der Waals surface area contributed by atoms with Crippen LogP contribution < -0.4 is 4.74 Å². The highest BCUT2D eigenvalue weighted by atomic mass is 19.1. The maximum Gasteiger partial charge on any atom is 0.222 e. The van der Waals surface area contributed by atoms with Gasteiger partial charge in [-0.1, -0.05) is 49.2 Å². The van der Waals surface area contributed by atoms with E-state index in [9.17, 15) is 9.50 Å². The normalized spacial score (nSPS) is 12.0. The average Bonchev–Trinajstić information content (AvgIpc) is 3.10. The maximum absolute atomic E-state index is 13.8. The van der Waals surface area contributed by atoms with Gasteiger partial charge in [0.05, 0.1) is 18.3 Å². The Hall–Kier alpha value is -3.18. The number of terminal acetylenes is 1. The van der Waals surface area contributed by atoms with E-state index in [4.69, 9.17) is 21.0 Å². The second kappa shape index (κ2) is 12.2. The molecule has 1 aromatic heterocycles. The molecular weight excluding hydrogens is 421 g/mol. The smallest absolute Gasteiger partial charge is 0.222 e. The van der Waals surface area contributed by atoms with Crippen LogP contribution in [-0.4, -0.2) is 52.2 Å². The van der Waals surface area contributed by atoms with E-state index >= 15 is 0 Å². The van der Waals surface area contributed by atoms with Gasteiger partial charge >= 0.3 is 0 Å². The number of halogens is 1. The summed E-state index contributed by atoms with van der Waals surface area (Å²) in [5.74, 6) is 2.95. The van der Waals surface area contributed by atoms with Crippen molar-refractivity contribution in [3.63, 3.8) is 0 Å². The average molecular weight is 452 g/mol. The Bertz CT molecular complexity index is 1060. The number of hydrogen-bond donors (Lipinski definition) is 1. The van der Waals surface area contributed by atoms with Crippen molar-refractivity contribution < 1.29 is 19.0 Å². The molecule has 3 aromatic rings. The summed E-state index contributed by atoms with van der Waals surface area (Å²) in [7, 11) is 1.80. The molecule has 0 fully saturated rings. The molecule has 1 atom stereocenters. The summed E-state index contributed by atoms with van der Waals surface area (Å²) in [6, 6.07) is 15.9. The molecule has 0 spiro atoms. The number of aromatic nitrogens is 2. The predicted molar refractivity (Wildman–Crippen MR) is 126 cm³/mol. The second-order valence-electron chi connectivity index (χ2n) is 7.79. The fourth-order valence-electron chi connectivity index (χ4n) is 3.67. The number of ether oxygens (including phenoxy) is 2. The Kier molecular flexibility index (Phi) is 9.02. The van der Waals surface area contributed by atoms with Gasteiger partial charge in [-0.05, 0) is 25.1 Å². The van der Waals surface area contributed by atoms with Crippen LogP contribution in [0.25, 0.3) is 11.3 Å². The van der Waals surface area contributed by atoms with Crippen LogP contribution in [0.5, 0.6) is 11.6 Å². The van der Waals surface area contributed by atoms with Gasteiger partial charge in [-0.15, -0.1) is 6.42 Å². The molecule has 0 unspecified atom stereocenters. The third kappa shape index (κ3) is 6.90. The van der Waals surface area contributed by atoms with Crippen LogP contribution in [0.3, 0.4) is 0 Å². The molecule has 0 amide bonds. The van der Waals surface area contributed by atoms with Crippen LogP contribution in [0.2, 0.25) is 0 Å². The number of nitrogens with zero attached hydrogens (tertiary/aromatic N) is 3. The zero-order valence-corrected chi connectivity index (χ0v) is 19.1. The molecule has 2 aromatic carbocycles. The number of hydrogen-bond acceptors (Lipinski definition) is 5. The van der Waals surface area contributed by atoms with Gasteiger partial charge in [-0.25, -0.2) is 9.07 Å². The zero-order chi connectivity index (χ0) is 23.6. The first-order chi connectivity index (χ1) is 16.0. The molecule has 6 nitrogen and oxygen atoms in total. The van der Waals surface area contributed by atoms with Crippen molar-refractivity contribution in [3.05, 3.63) is 66.0 Å². The van der Waals surface area contributed by atoms with Gasteiger partial charge in [-0.3, -0.25) is 4.90 Å². The number of aliphatic hydroxyl groups is 1. The topological polar surface area (TPSA) is 59.8 Å². The van der Waals surface area contributed by atoms with E-state index in [-0.39, 0.29) is 19.0 Å². The monoisotopic (exact) mass is 451 g/mol. The lowest BCUT2D eigenvalue weighted by molar-refractivity contribution is 0.0260. The van der Waals surface area contributed by atoms with Gasteiger partial charge in [0.15, 0.2) is 0 Å². The summed E-state index contributed by atoms with van der Waals surface area (Å²) in [5.41, 5.74) is 2.59. The predicted octanol–water partition coefficient (Wildman–Crippen LogP) is 4.24. The highest BCUT2D eigenvalue weighted by molar-refractivity contribution is 5.65. The number of aliphatic hydroxyl groups excluding tert-OH is 1. The summed E-state index contributed by atoms with van der Waals surface area (Å²) < 4.78 is 26.8. The van der Waals surface area contributed by atoms with E-state index < -0.39 is 6.10 Å². The fraction of sp³-hybridized carbons (Fsp3) is 0.346. The molecule has 3 rings (SSSR count). The van der Waals surface area contributed by atoms with Crippen molar-refractivity contribution in [2.24, 2.45) is 7.05 Å². The summed E-state index contributed by atoms with van der Waals surface area (Å²) in [5, 5.41) is 15.2. The largest absolute Gasteiger partial charge is 0.439 e. The van der Waals surface area contributed by atoms with Gasteiger partial charge in [0, 0.05) is 31.8 Å². The molecule has 1 heterocycles. The van der Waals surface area contributed by atoms with Crippen molar-refractivity contribution in [2.45, 2.75) is 26.0 Å². The number of rotatable bonds is 12. The van der Waals surface area contributed by atoms with Crippen LogP contribution in [0.4, 0.5) is 4.39 Å². The molecule has 0 aliphatic heterocycles. The van der Waals surface area contributed by atoms with Crippen LogP contribution in [-0.2, 0) is 18.3 Å². The summed E-state index contributed by atoms with van der Waals surface area (Å²) in [6.07, 6.45) is 5.43. The highest BCUT2D eigenvalue weighted by Crippen LogP contribution is 2.34. The van der Waals surface area contributed by atoms with Crippen LogP contribution in [0, 0.1) is 18.2 Å². The summed E-state index contributed by atoms with van der Waals surface area (Å²) >= 11 is 0. The van der Waals surface area contributed by atoms with Crippen molar-refractivity contribution >= 4 is 0 Å². The maximum atomic E-state index is 13.8. The first kappa shape index (κ1) is 24.5. The van der Waals surface area contributed by atoms with Crippen LogP contribution >= 0.6 is 0 Å². The second-order valence-corrected chi connectivity index (χ2v) is 7.79. The molecule has 33 heavy (non-hydrogen) atoms. The van der Waals surface area contributed by atoms with Gasteiger partial charge < -0.3 is 14.6 Å². The minimum absolute atomic E-state index is 0.162. The van der Waals surface area contributed by atoms with Crippen molar-refractivity contribution in [1.29, 1.82) is 0 Å². The molecule has 1 N–H and O–H groups in total. The molecule has 0 bridgehead atoms. The molecule has 0 aliphatic rings. The van der Waals surface area contributed by atoms with Gasteiger partial charge in [0.25, 0.3) is 0 Å². The van der Waals surface area contributed by atoms with E-state index in [0.29, 0.717) is 24.7 Å². The molecule has 0 saturated carbocycles.